The van der Waals surface area contributed by atoms with Gasteiger partial charge in [-0.05, 0) is 38.7 Å². The molecule has 0 spiro atoms. The summed E-state index contributed by atoms with van der Waals surface area (Å²) in [7, 11) is -3.51. The molecule has 1 aromatic carbocycles. The number of pyridine rings is 1. The zero-order valence-corrected chi connectivity index (χ0v) is 25.2. The summed E-state index contributed by atoms with van der Waals surface area (Å²) in [4.78, 5) is 36.9. The maximum Gasteiger partial charge on any atom is 0.237 e. The number of nitrogens with one attached hydrogen (secondary N) is 1. The zero-order chi connectivity index (χ0) is 30.4. The molecule has 222 valence electrons. The van der Waals surface area contributed by atoms with Gasteiger partial charge in [-0.15, -0.1) is 0 Å². The van der Waals surface area contributed by atoms with Crippen molar-refractivity contribution in [3.8, 4) is 22.4 Å². The van der Waals surface area contributed by atoms with E-state index in [-0.39, 0.29) is 30.1 Å². The molecule has 3 heterocycles. The number of benzene rings is 1. The van der Waals surface area contributed by atoms with Crippen LogP contribution in [0, 0.1) is 0 Å². The molecule has 12 heteroatoms. The number of nitrogen functional groups attached to an aromatic ring is 1. The Hall–Kier alpha value is -4.16. The van der Waals surface area contributed by atoms with Crippen molar-refractivity contribution in [2.24, 2.45) is 0 Å². The highest BCUT2D eigenvalue weighted by molar-refractivity contribution is 7.88. The Bertz CT molecular complexity index is 1670. The molecule has 0 aliphatic carbocycles. The Kier molecular flexibility index (Phi) is 9.69. The summed E-state index contributed by atoms with van der Waals surface area (Å²) < 4.78 is 26.9. The monoisotopic (exact) mass is 591 g/mol. The zero-order valence-electron chi connectivity index (χ0n) is 24.4. The summed E-state index contributed by atoms with van der Waals surface area (Å²) in [6.45, 7) is 5.56. The van der Waals surface area contributed by atoms with Crippen LogP contribution in [0.1, 0.15) is 56.1 Å². The van der Waals surface area contributed by atoms with E-state index in [4.69, 9.17) is 10.7 Å². The highest BCUT2D eigenvalue weighted by Gasteiger charge is 2.25. The second kappa shape index (κ2) is 13.2. The third kappa shape index (κ3) is 7.00. The predicted octanol–water partition coefficient (Wildman–Crippen LogP) is 3.74. The third-order valence-electron chi connectivity index (χ3n) is 7.15. The largest absolute Gasteiger partial charge is 0.383 e. The van der Waals surface area contributed by atoms with Gasteiger partial charge >= 0.3 is 0 Å². The van der Waals surface area contributed by atoms with Gasteiger partial charge < -0.3 is 10.6 Å². The Balaban J connectivity index is 1.65. The average molecular weight is 592 g/mol. The lowest BCUT2D eigenvalue weighted by Crippen LogP contribution is -2.46. The average Bonchev–Trinajstić information content (AvgIpc) is 3.40. The van der Waals surface area contributed by atoms with Crippen LogP contribution in [0.3, 0.4) is 0 Å². The predicted molar refractivity (Wildman–Crippen MR) is 163 cm³/mol. The van der Waals surface area contributed by atoms with Crippen molar-refractivity contribution >= 4 is 33.2 Å². The number of carbonyl (C=O) groups excluding carboxylic acids is 2. The number of sulfonamides is 1. The number of aromatic nitrogens is 4. The summed E-state index contributed by atoms with van der Waals surface area (Å²) in [6.07, 6.45) is 6.72. The number of Topliss-reactive ketones (excluding diaryl/α,β-unsaturated/α-hetero) is 1. The van der Waals surface area contributed by atoms with Gasteiger partial charge in [0.05, 0.1) is 35.9 Å². The van der Waals surface area contributed by atoms with Gasteiger partial charge in [-0.2, -0.15) is 9.61 Å². The highest BCUT2D eigenvalue weighted by atomic mass is 32.2. The minimum absolute atomic E-state index is 0.183. The van der Waals surface area contributed by atoms with E-state index in [2.05, 4.69) is 14.8 Å². The van der Waals surface area contributed by atoms with E-state index in [9.17, 15) is 18.0 Å². The molecule has 3 N–H and O–H groups in total. The van der Waals surface area contributed by atoms with Gasteiger partial charge in [0, 0.05) is 35.5 Å². The minimum atomic E-state index is -3.51. The smallest absolute Gasteiger partial charge is 0.237 e. The standard InChI is InChI=1S/C30H37N7O4S/c1-5-16-36(27(39)19-34-42(4,40)41)23(6-2)13-15-26-28(20(3)38)29(31)37-30(35-26)24(18-33-37)22-12-14-25(32-17-22)21-10-8-7-9-11-21/h7-12,14,17-18,23,34H,5-6,13,15-16,19,31H2,1-4H3/t23-/m1/s1. The van der Waals surface area contributed by atoms with Gasteiger partial charge in [0.25, 0.3) is 0 Å². The molecule has 11 nitrogen and oxygen atoms in total. The summed E-state index contributed by atoms with van der Waals surface area (Å²) in [6, 6.07) is 13.6. The lowest BCUT2D eigenvalue weighted by atomic mass is 10.0. The van der Waals surface area contributed by atoms with Crippen LogP contribution >= 0.6 is 0 Å². The number of hydrogen-bond donors (Lipinski definition) is 2. The molecule has 0 saturated carbocycles. The van der Waals surface area contributed by atoms with E-state index in [0.29, 0.717) is 49.1 Å². The van der Waals surface area contributed by atoms with Crippen LogP contribution in [0.25, 0.3) is 28.0 Å². The molecule has 0 unspecified atom stereocenters. The molecule has 0 aliphatic heterocycles. The van der Waals surface area contributed by atoms with Crippen LogP contribution in [0.4, 0.5) is 5.82 Å². The first-order valence-corrected chi connectivity index (χ1v) is 15.9. The molecule has 4 aromatic rings. The van der Waals surface area contributed by atoms with Crippen molar-refractivity contribution in [2.75, 3.05) is 25.1 Å². The van der Waals surface area contributed by atoms with Crippen LogP contribution in [0.5, 0.6) is 0 Å². The fraction of sp³-hybridized carbons (Fsp3) is 0.367. The van der Waals surface area contributed by atoms with Crippen molar-refractivity contribution < 1.29 is 18.0 Å². The number of anilines is 1. The number of aryl methyl sites for hydroxylation is 1. The fourth-order valence-corrected chi connectivity index (χ4v) is 5.48. The van der Waals surface area contributed by atoms with Crippen LogP contribution < -0.4 is 10.5 Å². The second-order valence-corrected chi connectivity index (χ2v) is 12.1. The van der Waals surface area contributed by atoms with Crippen molar-refractivity contribution in [3.05, 3.63) is 66.1 Å². The van der Waals surface area contributed by atoms with E-state index in [0.717, 1.165) is 28.6 Å². The van der Waals surface area contributed by atoms with E-state index >= 15 is 0 Å². The van der Waals surface area contributed by atoms with Gasteiger partial charge in [0.2, 0.25) is 15.9 Å². The van der Waals surface area contributed by atoms with Crippen molar-refractivity contribution in [1.82, 2.24) is 29.2 Å². The van der Waals surface area contributed by atoms with Crippen LogP contribution in [0.2, 0.25) is 0 Å². The number of carbonyl (C=O) groups is 2. The molecular formula is C30H37N7O4S. The summed E-state index contributed by atoms with van der Waals surface area (Å²) in [5, 5.41) is 4.43. The minimum Gasteiger partial charge on any atom is -0.383 e. The van der Waals surface area contributed by atoms with Crippen LogP contribution in [-0.2, 0) is 21.2 Å². The third-order valence-corrected chi connectivity index (χ3v) is 7.82. The molecular weight excluding hydrogens is 554 g/mol. The molecule has 0 bridgehead atoms. The number of ketones is 1. The molecule has 0 aliphatic rings. The molecule has 4 rings (SSSR count). The van der Waals surface area contributed by atoms with E-state index in [1.807, 2.05) is 56.3 Å². The van der Waals surface area contributed by atoms with Crippen molar-refractivity contribution in [3.63, 3.8) is 0 Å². The molecule has 3 aromatic heterocycles. The van der Waals surface area contributed by atoms with Crippen molar-refractivity contribution in [1.29, 1.82) is 0 Å². The normalized spacial score (nSPS) is 12.4. The molecule has 0 saturated heterocycles. The Morgan fingerprint density at radius 3 is 2.40 bits per heavy atom. The second-order valence-electron chi connectivity index (χ2n) is 10.2. The van der Waals surface area contributed by atoms with E-state index in [1.54, 1.807) is 17.3 Å². The number of nitrogens with two attached hydrogens (primary N) is 1. The van der Waals surface area contributed by atoms with Gasteiger partial charge in [-0.3, -0.25) is 14.6 Å². The van der Waals surface area contributed by atoms with Crippen molar-refractivity contribution in [2.45, 2.75) is 52.5 Å². The molecule has 0 fully saturated rings. The lowest BCUT2D eigenvalue weighted by Gasteiger charge is -2.31. The Labute approximate surface area is 246 Å². The highest BCUT2D eigenvalue weighted by Crippen LogP contribution is 2.29. The number of rotatable bonds is 13. The maximum absolute atomic E-state index is 13.0. The van der Waals surface area contributed by atoms with Crippen LogP contribution in [0.15, 0.2) is 54.9 Å². The van der Waals surface area contributed by atoms with Gasteiger partial charge in [-0.25, -0.2) is 18.1 Å². The SMILES string of the molecule is CCCN(C(=O)CNS(C)(=O)=O)[C@H](CC)CCc1nc2c(-c3ccc(-c4ccccc4)nc3)cnn2c(N)c1C(C)=O. The summed E-state index contributed by atoms with van der Waals surface area (Å²) in [5.74, 6) is -0.322. The number of fused-ring (bicyclic) bond motifs is 1. The number of amides is 1. The molecule has 1 atom stereocenters. The van der Waals surface area contributed by atoms with Gasteiger partial charge in [0.1, 0.15) is 5.82 Å². The summed E-state index contributed by atoms with van der Waals surface area (Å²) >= 11 is 0. The van der Waals surface area contributed by atoms with Gasteiger partial charge in [-0.1, -0.05) is 50.2 Å². The number of nitrogens with zero attached hydrogens (tertiary/aromatic N) is 5. The fourth-order valence-electron chi connectivity index (χ4n) is 5.09. The number of hydrogen-bond acceptors (Lipinski definition) is 8. The van der Waals surface area contributed by atoms with Gasteiger partial charge in [0.15, 0.2) is 11.4 Å². The van der Waals surface area contributed by atoms with E-state index in [1.165, 1.54) is 11.4 Å². The first-order chi connectivity index (χ1) is 20.0. The Morgan fingerprint density at radius 1 is 1.07 bits per heavy atom. The molecule has 1 amide bonds. The summed E-state index contributed by atoms with van der Waals surface area (Å²) in [5.41, 5.74) is 11.2. The molecule has 42 heavy (non-hydrogen) atoms. The first-order valence-electron chi connectivity index (χ1n) is 14.0. The lowest BCUT2D eigenvalue weighted by molar-refractivity contribution is -0.132. The van der Waals surface area contributed by atoms with E-state index < -0.39 is 10.0 Å². The van der Waals surface area contributed by atoms with Crippen LogP contribution in [-0.4, -0.2) is 70.0 Å². The maximum atomic E-state index is 13.0. The molecule has 0 radical (unpaired) electrons. The topological polar surface area (TPSA) is 153 Å². The quantitative estimate of drug-likeness (QED) is 0.223. The Morgan fingerprint density at radius 2 is 1.81 bits per heavy atom. The first kappa shape index (κ1) is 30.8.